The number of methoxy groups -OCH3 is 1. The van der Waals surface area contributed by atoms with Gasteiger partial charge in [-0.2, -0.15) is 0 Å². The fraction of sp³-hybridized carbons (Fsp3) is 0.417. The highest BCUT2D eigenvalue weighted by atomic mass is 16.5. The minimum Gasteiger partial charge on any atom is -0.496 e. The van der Waals surface area contributed by atoms with Gasteiger partial charge in [0.05, 0.1) is 13.5 Å². The van der Waals surface area contributed by atoms with Gasteiger partial charge in [0.1, 0.15) is 5.75 Å². The average molecular weight is 207 g/mol. The first kappa shape index (κ1) is 11.6. The van der Waals surface area contributed by atoms with Crippen LogP contribution in [-0.4, -0.2) is 13.0 Å². The minimum absolute atomic E-state index is 0.281. The molecule has 0 fully saturated rings. The second-order valence-corrected chi connectivity index (χ2v) is 3.87. The van der Waals surface area contributed by atoms with E-state index < -0.39 is 0 Å². The van der Waals surface area contributed by atoms with Crippen molar-refractivity contribution in [2.75, 3.05) is 7.11 Å². The minimum atomic E-state index is -0.310. The lowest BCUT2D eigenvalue weighted by atomic mass is 9.98. The van der Waals surface area contributed by atoms with Crippen LogP contribution in [0.3, 0.4) is 0 Å². The van der Waals surface area contributed by atoms with Crippen LogP contribution in [0, 0.1) is 0 Å². The molecular formula is C12H17NO2. The van der Waals surface area contributed by atoms with Crippen molar-refractivity contribution >= 4 is 5.91 Å². The van der Waals surface area contributed by atoms with E-state index >= 15 is 0 Å². The zero-order chi connectivity index (χ0) is 11.4. The molecule has 0 saturated heterocycles. The van der Waals surface area contributed by atoms with Crippen molar-refractivity contribution in [1.82, 2.24) is 0 Å². The highest BCUT2D eigenvalue weighted by molar-refractivity contribution is 5.76. The maximum atomic E-state index is 10.8. The van der Waals surface area contributed by atoms with E-state index in [-0.39, 0.29) is 12.3 Å². The van der Waals surface area contributed by atoms with E-state index in [9.17, 15) is 4.79 Å². The van der Waals surface area contributed by atoms with Gasteiger partial charge in [-0.15, -0.1) is 0 Å². The van der Waals surface area contributed by atoms with Crippen LogP contribution < -0.4 is 10.5 Å². The number of benzene rings is 1. The Morgan fingerprint density at radius 2 is 2.13 bits per heavy atom. The zero-order valence-electron chi connectivity index (χ0n) is 9.41. The lowest BCUT2D eigenvalue weighted by Crippen LogP contribution is -2.13. The smallest absolute Gasteiger partial charge is 0.221 e. The van der Waals surface area contributed by atoms with Gasteiger partial charge in [-0.3, -0.25) is 4.79 Å². The SMILES string of the molecule is COc1ccc(CC(N)=O)cc1C(C)C. The topological polar surface area (TPSA) is 52.3 Å². The fourth-order valence-corrected chi connectivity index (χ4v) is 1.55. The zero-order valence-corrected chi connectivity index (χ0v) is 9.41. The molecule has 0 heterocycles. The van der Waals surface area contributed by atoms with Gasteiger partial charge in [0.25, 0.3) is 0 Å². The molecular weight excluding hydrogens is 190 g/mol. The lowest BCUT2D eigenvalue weighted by Gasteiger charge is -2.12. The molecule has 1 aromatic rings. The predicted octanol–water partition coefficient (Wildman–Crippen LogP) is 1.85. The summed E-state index contributed by atoms with van der Waals surface area (Å²) >= 11 is 0. The Hall–Kier alpha value is -1.51. The Bertz CT molecular complexity index is 359. The maximum absolute atomic E-state index is 10.8. The summed E-state index contributed by atoms with van der Waals surface area (Å²) < 4.78 is 5.25. The van der Waals surface area contributed by atoms with Gasteiger partial charge < -0.3 is 10.5 Å². The van der Waals surface area contributed by atoms with E-state index in [0.29, 0.717) is 5.92 Å². The second kappa shape index (κ2) is 4.82. The highest BCUT2D eigenvalue weighted by Crippen LogP contribution is 2.27. The molecule has 0 aliphatic heterocycles. The first-order valence-corrected chi connectivity index (χ1v) is 4.99. The maximum Gasteiger partial charge on any atom is 0.221 e. The molecule has 1 rings (SSSR count). The molecule has 0 aromatic heterocycles. The number of nitrogens with two attached hydrogens (primary N) is 1. The lowest BCUT2D eigenvalue weighted by molar-refractivity contribution is -0.117. The normalized spacial score (nSPS) is 10.4. The van der Waals surface area contributed by atoms with Crippen LogP contribution in [0.4, 0.5) is 0 Å². The van der Waals surface area contributed by atoms with Crippen molar-refractivity contribution in [2.24, 2.45) is 5.73 Å². The molecule has 1 aromatic carbocycles. The van der Waals surface area contributed by atoms with Crippen molar-refractivity contribution in [1.29, 1.82) is 0 Å². The molecule has 0 saturated carbocycles. The molecule has 1 amide bonds. The Labute approximate surface area is 90.2 Å². The van der Waals surface area contributed by atoms with Crippen LogP contribution in [0.25, 0.3) is 0 Å². The summed E-state index contributed by atoms with van der Waals surface area (Å²) in [4.78, 5) is 10.8. The molecule has 0 aliphatic carbocycles. The van der Waals surface area contributed by atoms with E-state index in [1.807, 2.05) is 18.2 Å². The van der Waals surface area contributed by atoms with Gasteiger partial charge in [-0.25, -0.2) is 0 Å². The standard InChI is InChI=1S/C12H17NO2/c1-8(2)10-6-9(7-12(13)14)4-5-11(10)15-3/h4-6,8H,7H2,1-3H3,(H2,13,14). The van der Waals surface area contributed by atoms with Crippen LogP contribution in [-0.2, 0) is 11.2 Å². The number of hydrogen-bond donors (Lipinski definition) is 1. The van der Waals surface area contributed by atoms with E-state index in [0.717, 1.165) is 16.9 Å². The molecule has 0 atom stereocenters. The predicted molar refractivity (Wildman–Crippen MR) is 60.0 cm³/mol. The number of primary amides is 1. The van der Waals surface area contributed by atoms with Gasteiger partial charge in [0.2, 0.25) is 5.91 Å². The summed E-state index contributed by atoms with van der Waals surface area (Å²) in [6.45, 7) is 4.18. The molecule has 15 heavy (non-hydrogen) atoms. The Morgan fingerprint density at radius 3 is 2.60 bits per heavy atom. The van der Waals surface area contributed by atoms with Crippen molar-refractivity contribution < 1.29 is 9.53 Å². The molecule has 2 N–H and O–H groups in total. The van der Waals surface area contributed by atoms with Crippen LogP contribution in [0.5, 0.6) is 5.75 Å². The number of carbonyl (C=O) groups excluding carboxylic acids is 1. The molecule has 0 unspecified atom stereocenters. The largest absolute Gasteiger partial charge is 0.496 e. The third kappa shape index (κ3) is 2.98. The number of ether oxygens (including phenoxy) is 1. The molecule has 82 valence electrons. The average Bonchev–Trinajstić information content (AvgIpc) is 2.16. The monoisotopic (exact) mass is 207 g/mol. The first-order chi connectivity index (χ1) is 7.04. The summed E-state index contributed by atoms with van der Waals surface area (Å²) in [6, 6.07) is 5.73. The van der Waals surface area contributed by atoms with Crippen molar-refractivity contribution in [3.05, 3.63) is 29.3 Å². The number of carbonyl (C=O) groups is 1. The van der Waals surface area contributed by atoms with Gasteiger partial charge in [0, 0.05) is 0 Å². The Kier molecular flexibility index (Phi) is 3.72. The van der Waals surface area contributed by atoms with E-state index in [2.05, 4.69) is 13.8 Å². The van der Waals surface area contributed by atoms with Crippen molar-refractivity contribution in [2.45, 2.75) is 26.2 Å². The highest BCUT2D eigenvalue weighted by Gasteiger charge is 2.09. The number of amides is 1. The van der Waals surface area contributed by atoms with E-state index in [1.165, 1.54) is 0 Å². The molecule has 3 nitrogen and oxygen atoms in total. The van der Waals surface area contributed by atoms with Gasteiger partial charge in [-0.1, -0.05) is 26.0 Å². The Morgan fingerprint density at radius 1 is 1.47 bits per heavy atom. The van der Waals surface area contributed by atoms with E-state index in [4.69, 9.17) is 10.5 Å². The van der Waals surface area contributed by atoms with Crippen LogP contribution in [0.2, 0.25) is 0 Å². The second-order valence-electron chi connectivity index (χ2n) is 3.87. The number of rotatable bonds is 4. The Balaban J connectivity index is 3.04. The summed E-state index contributed by atoms with van der Waals surface area (Å²) in [5.41, 5.74) is 7.20. The van der Waals surface area contributed by atoms with Crippen LogP contribution in [0.15, 0.2) is 18.2 Å². The third-order valence-electron chi connectivity index (χ3n) is 2.29. The fourth-order valence-electron chi connectivity index (χ4n) is 1.55. The molecule has 3 heteroatoms. The van der Waals surface area contributed by atoms with Gasteiger partial charge in [-0.05, 0) is 23.1 Å². The first-order valence-electron chi connectivity index (χ1n) is 4.99. The summed E-state index contributed by atoms with van der Waals surface area (Å²) in [5.74, 6) is 0.917. The van der Waals surface area contributed by atoms with E-state index in [1.54, 1.807) is 7.11 Å². The van der Waals surface area contributed by atoms with Gasteiger partial charge >= 0.3 is 0 Å². The van der Waals surface area contributed by atoms with Crippen molar-refractivity contribution in [3.8, 4) is 5.75 Å². The quantitative estimate of drug-likeness (QED) is 0.819. The summed E-state index contributed by atoms with van der Waals surface area (Å²) in [5, 5.41) is 0. The number of hydrogen-bond acceptors (Lipinski definition) is 2. The van der Waals surface area contributed by atoms with Gasteiger partial charge in [0.15, 0.2) is 0 Å². The van der Waals surface area contributed by atoms with Crippen LogP contribution in [0.1, 0.15) is 30.9 Å². The van der Waals surface area contributed by atoms with Crippen molar-refractivity contribution in [3.63, 3.8) is 0 Å². The molecule has 0 spiro atoms. The summed E-state index contributed by atoms with van der Waals surface area (Å²) in [6.07, 6.45) is 0.281. The molecule has 0 aliphatic rings. The molecule has 0 radical (unpaired) electrons. The molecule has 0 bridgehead atoms. The third-order valence-corrected chi connectivity index (χ3v) is 2.29. The summed E-state index contributed by atoms with van der Waals surface area (Å²) in [7, 11) is 1.65. The van der Waals surface area contributed by atoms with Crippen LogP contribution >= 0.6 is 0 Å².